The maximum Gasteiger partial charge on any atom is 0.133 e. The zero-order chi connectivity index (χ0) is 7.11. The molecular weight excluding hydrogens is 248 g/mol. The number of unbranched alkanes of at least 4 members (excludes halogenated alkanes) is 1. The highest BCUT2D eigenvalue weighted by Crippen LogP contribution is 2.07. The molecule has 0 aliphatic heterocycles. The molecule has 0 radical (unpaired) electrons. The zero-order valence-electron chi connectivity index (χ0n) is 5.15. The lowest BCUT2D eigenvalue weighted by Gasteiger charge is -1.97. The van der Waals surface area contributed by atoms with Crippen LogP contribution in [0.4, 0.5) is 0 Å². The second-order valence-corrected chi connectivity index (χ2v) is 3.81. The van der Waals surface area contributed by atoms with Gasteiger partial charge in [0.05, 0.1) is 4.83 Å². The van der Waals surface area contributed by atoms with Gasteiger partial charge < -0.3 is 4.79 Å². The van der Waals surface area contributed by atoms with E-state index in [-0.39, 0.29) is 4.83 Å². The molecule has 0 N–H and O–H groups in total. The monoisotopic (exact) mass is 256 g/mol. The van der Waals surface area contributed by atoms with Crippen LogP contribution < -0.4 is 0 Å². The number of alkyl halides is 2. The third-order valence-corrected chi connectivity index (χ3v) is 2.25. The number of hydrogen-bond acceptors (Lipinski definition) is 1. The molecule has 0 aromatic heterocycles. The van der Waals surface area contributed by atoms with Gasteiger partial charge in [-0.25, -0.2) is 0 Å². The SMILES string of the molecule is O=CC(Br)CCCCBr. The Hall–Kier alpha value is 0.630. The maximum atomic E-state index is 10.0. The largest absolute Gasteiger partial charge is 0.302 e. The van der Waals surface area contributed by atoms with E-state index in [1.54, 1.807) is 0 Å². The van der Waals surface area contributed by atoms with Crippen molar-refractivity contribution in [2.24, 2.45) is 0 Å². The molecule has 0 saturated heterocycles. The van der Waals surface area contributed by atoms with Gasteiger partial charge >= 0.3 is 0 Å². The van der Waals surface area contributed by atoms with Gasteiger partial charge in [0.1, 0.15) is 6.29 Å². The van der Waals surface area contributed by atoms with Crippen LogP contribution in [0.1, 0.15) is 19.3 Å². The summed E-state index contributed by atoms with van der Waals surface area (Å²) in [5.41, 5.74) is 0. The van der Waals surface area contributed by atoms with Crippen molar-refractivity contribution in [3.05, 3.63) is 0 Å². The first kappa shape index (κ1) is 9.63. The lowest BCUT2D eigenvalue weighted by molar-refractivity contribution is -0.107. The molecule has 1 nitrogen and oxygen atoms in total. The fraction of sp³-hybridized carbons (Fsp3) is 0.833. The molecule has 0 aliphatic rings. The molecule has 0 fully saturated rings. The molecule has 3 heteroatoms. The van der Waals surface area contributed by atoms with Crippen molar-refractivity contribution in [2.45, 2.75) is 24.1 Å². The van der Waals surface area contributed by atoms with Gasteiger partial charge in [-0.15, -0.1) is 0 Å². The minimum atomic E-state index is 0.0662. The van der Waals surface area contributed by atoms with Crippen molar-refractivity contribution < 1.29 is 4.79 Å². The highest BCUT2D eigenvalue weighted by atomic mass is 79.9. The number of rotatable bonds is 5. The first-order valence-electron chi connectivity index (χ1n) is 2.96. The molecule has 9 heavy (non-hydrogen) atoms. The van der Waals surface area contributed by atoms with E-state index in [0.29, 0.717) is 0 Å². The molecule has 1 atom stereocenters. The molecule has 0 amide bonds. The highest BCUT2D eigenvalue weighted by molar-refractivity contribution is 9.10. The molecule has 54 valence electrons. The average molecular weight is 258 g/mol. The van der Waals surface area contributed by atoms with Crippen molar-refractivity contribution in [1.29, 1.82) is 0 Å². The molecule has 0 rings (SSSR count). The third kappa shape index (κ3) is 6.52. The van der Waals surface area contributed by atoms with Crippen LogP contribution in [0.25, 0.3) is 0 Å². The summed E-state index contributed by atoms with van der Waals surface area (Å²) >= 11 is 6.54. The highest BCUT2D eigenvalue weighted by Gasteiger charge is 1.98. The second-order valence-electron chi connectivity index (χ2n) is 1.84. The Morgan fingerprint density at radius 3 is 2.56 bits per heavy atom. The van der Waals surface area contributed by atoms with E-state index in [9.17, 15) is 4.79 Å². The summed E-state index contributed by atoms with van der Waals surface area (Å²) in [6.07, 6.45) is 4.15. The van der Waals surface area contributed by atoms with Gasteiger partial charge in [-0.1, -0.05) is 38.3 Å². The fourth-order valence-corrected chi connectivity index (χ4v) is 1.22. The van der Waals surface area contributed by atoms with Gasteiger partial charge in [0.15, 0.2) is 0 Å². The lowest BCUT2D eigenvalue weighted by atomic mass is 10.2. The standard InChI is InChI=1S/C6H10Br2O/c7-4-2-1-3-6(8)5-9/h5-6H,1-4H2. The zero-order valence-corrected chi connectivity index (χ0v) is 8.32. The smallest absolute Gasteiger partial charge is 0.133 e. The molecule has 1 unspecified atom stereocenters. The molecule has 0 aromatic rings. The van der Waals surface area contributed by atoms with E-state index in [4.69, 9.17) is 0 Å². The summed E-state index contributed by atoms with van der Waals surface area (Å²) in [5, 5.41) is 1.03. The molecule has 0 spiro atoms. The Bertz CT molecular complexity index is 75.5. The minimum Gasteiger partial charge on any atom is -0.302 e. The summed E-state index contributed by atoms with van der Waals surface area (Å²) in [6, 6.07) is 0. The van der Waals surface area contributed by atoms with Crippen molar-refractivity contribution in [3.63, 3.8) is 0 Å². The minimum absolute atomic E-state index is 0.0662. The number of carbonyl (C=O) groups excluding carboxylic acids is 1. The van der Waals surface area contributed by atoms with Gasteiger partial charge in [-0.2, -0.15) is 0 Å². The van der Waals surface area contributed by atoms with E-state index >= 15 is 0 Å². The molecular formula is C6H10Br2O. The van der Waals surface area contributed by atoms with E-state index in [0.717, 1.165) is 30.9 Å². The van der Waals surface area contributed by atoms with Crippen molar-refractivity contribution in [3.8, 4) is 0 Å². The van der Waals surface area contributed by atoms with Gasteiger partial charge in [0.25, 0.3) is 0 Å². The van der Waals surface area contributed by atoms with Crippen molar-refractivity contribution in [2.75, 3.05) is 5.33 Å². The van der Waals surface area contributed by atoms with Gasteiger partial charge in [0.2, 0.25) is 0 Å². The normalized spacial score (nSPS) is 13.1. The Labute approximate surface area is 72.5 Å². The first-order chi connectivity index (χ1) is 4.31. The van der Waals surface area contributed by atoms with Crippen LogP contribution in [-0.4, -0.2) is 16.4 Å². The van der Waals surface area contributed by atoms with E-state index in [1.807, 2.05) is 0 Å². The molecule has 0 bridgehead atoms. The first-order valence-corrected chi connectivity index (χ1v) is 5.00. The summed E-state index contributed by atoms with van der Waals surface area (Å²) in [5.74, 6) is 0. The predicted molar refractivity (Wildman–Crippen MR) is 46.4 cm³/mol. The molecule has 0 aliphatic carbocycles. The van der Waals surface area contributed by atoms with Crippen LogP contribution >= 0.6 is 31.9 Å². The molecule has 0 aromatic carbocycles. The van der Waals surface area contributed by atoms with Crippen LogP contribution in [0.5, 0.6) is 0 Å². The Balaban J connectivity index is 2.96. The molecule has 0 heterocycles. The van der Waals surface area contributed by atoms with Gasteiger partial charge in [-0.05, 0) is 12.8 Å². The predicted octanol–water partition coefficient (Wildman–Crippen LogP) is 2.51. The van der Waals surface area contributed by atoms with Crippen LogP contribution in [0, 0.1) is 0 Å². The summed E-state index contributed by atoms with van der Waals surface area (Å²) in [7, 11) is 0. The third-order valence-electron chi connectivity index (χ3n) is 1.01. The average Bonchev–Trinajstić information content (AvgIpc) is 1.89. The van der Waals surface area contributed by atoms with Crippen LogP contribution in [-0.2, 0) is 4.79 Å². The summed E-state index contributed by atoms with van der Waals surface area (Å²) in [4.78, 5) is 10.1. The fourth-order valence-electron chi connectivity index (χ4n) is 0.502. The number of carbonyl (C=O) groups is 1. The van der Waals surface area contributed by atoms with Gasteiger partial charge in [0, 0.05) is 5.33 Å². The lowest BCUT2D eigenvalue weighted by Crippen LogP contribution is -1.97. The van der Waals surface area contributed by atoms with Gasteiger partial charge in [-0.3, -0.25) is 0 Å². The Morgan fingerprint density at radius 1 is 1.44 bits per heavy atom. The Kier molecular flexibility index (Phi) is 7.22. The molecule has 0 saturated carbocycles. The van der Waals surface area contributed by atoms with E-state index in [2.05, 4.69) is 31.9 Å². The number of hydrogen-bond donors (Lipinski definition) is 0. The number of aldehydes is 1. The van der Waals surface area contributed by atoms with Crippen molar-refractivity contribution in [1.82, 2.24) is 0 Å². The quantitative estimate of drug-likeness (QED) is 0.420. The summed E-state index contributed by atoms with van der Waals surface area (Å²) in [6.45, 7) is 0. The van der Waals surface area contributed by atoms with Crippen LogP contribution in [0.15, 0.2) is 0 Å². The van der Waals surface area contributed by atoms with Crippen LogP contribution in [0.2, 0.25) is 0 Å². The summed E-state index contributed by atoms with van der Waals surface area (Å²) < 4.78 is 0. The second kappa shape index (κ2) is 6.75. The van der Waals surface area contributed by atoms with E-state index < -0.39 is 0 Å². The maximum absolute atomic E-state index is 10.0. The van der Waals surface area contributed by atoms with E-state index in [1.165, 1.54) is 0 Å². The number of halogens is 2. The topological polar surface area (TPSA) is 17.1 Å². The van der Waals surface area contributed by atoms with Crippen molar-refractivity contribution >= 4 is 38.1 Å². The Morgan fingerprint density at radius 2 is 2.11 bits per heavy atom. The van der Waals surface area contributed by atoms with Crippen LogP contribution in [0.3, 0.4) is 0 Å².